The van der Waals surface area contributed by atoms with Crippen molar-refractivity contribution in [1.29, 1.82) is 0 Å². The molecule has 35 heavy (non-hydrogen) atoms. The van der Waals surface area contributed by atoms with E-state index in [0.29, 0.717) is 19.4 Å². The number of aryl methyl sites for hydroxylation is 1. The van der Waals surface area contributed by atoms with Gasteiger partial charge in [0.2, 0.25) is 0 Å². The fourth-order valence-electron chi connectivity index (χ4n) is 4.39. The first kappa shape index (κ1) is 28.9. The number of hydrogen-bond donors (Lipinski definition) is 0. The average Bonchev–Trinajstić information content (AvgIpc) is 2.82. The summed E-state index contributed by atoms with van der Waals surface area (Å²) in [6.45, 7) is 6.60. The smallest absolute Gasteiger partial charge is 0.306 e. The minimum Gasteiger partial charge on any atom is -0.491 e. The highest BCUT2D eigenvalue weighted by atomic mass is 16.5. The summed E-state index contributed by atoms with van der Waals surface area (Å²) in [7, 11) is 4.42. The van der Waals surface area contributed by atoms with Crippen molar-refractivity contribution >= 4 is 5.97 Å². The van der Waals surface area contributed by atoms with E-state index in [4.69, 9.17) is 9.47 Å². The van der Waals surface area contributed by atoms with Gasteiger partial charge < -0.3 is 14.0 Å². The van der Waals surface area contributed by atoms with Crippen LogP contribution in [0.1, 0.15) is 82.8 Å². The monoisotopic (exact) mass is 482 g/mol. The number of rotatable bonds is 18. The number of benzene rings is 2. The highest BCUT2D eigenvalue weighted by Crippen LogP contribution is 2.18. The van der Waals surface area contributed by atoms with Gasteiger partial charge in [0.05, 0.1) is 39.8 Å². The third-order valence-corrected chi connectivity index (χ3v) is 6.44. The summed E-state index contributed by atoms with van der Waals surface area (Å²) in [5, 5.41) is 0. The Hall–Kier alpha value is -2.33. The maximum atomic E-state index is 12.2. The van der Waals surface area contributed by atoms with E-state index >= 15 is 0 Å². The molecule has 0 bridgehead atoms. The largest absolute Gasteiger partial charge is 0.491 e. The van der Waals surface area contributed by atoms with E-state index in [-0.39, 0.29) is 12.1 Å². The van der Waals surface area contributed by atoms with Crippen LogP contribution in [0.25, 0.3) is 0 Å². The predicted octanol–water partition coefficient (Wildman–Crippen LogP) is 7.35. The molecule has 0 heterocycles. The molecule has 0 aliphatic heterocycles. The Balaban J connectivity index is 1.59. The molecule has 194 valence electrons. The molecule has 0 N–H and O–H groups in total. The topological polar surface area (TPSA) is 35.5 Å². The summed E-state index contributed by atoms with van der Waals surface area (Å²) >= 11 is 0. The first-order valence-corrected chi connectivity index (χ1v) is 13.6. The lowest BCUT2D eigenvalue weighted by molar-refractivity contribution is -0.903. The number of esters is 1. The number of hydrogen-bond acceptors (Lipinski definition) is 3. The van der Waals surface area contributed by atoms with E-state index in [9.17, 15) is 4.79 Å². The van der Waals surface area contributed by atoms with Crippen LogP contribution < -0.4 is 4.74 Å². The van der Waals surface area contributed by atoms with Crippen LogP contribution in [-0.2, 0) is 22.5 Å². The quantitative estimate of drug-likeness (QED) is 0.127. The van der Waals surface area contributed by atoms with Crippen LogP contribution in [0.4, 0.5) is 0 Å². The van der Waals surface area contributed by atoms with Crippen LogP contribution in [0.2, 0.25) is 0 Å². The van der Waals surface area contributed by atoms with Crippen molar-refractivity contribution < 1.29 is 18.8 Å². The molecule has 2 aromatic carbocycles. The van der Waals surface area contributed by atoms with Crippen molar-refractivity contribution in [1.82, 2.24) is 0 Å². The molecule has 0 fully saturated rings. The average molecular weight is 483 g/mol. The minimum absolute atomic E-state index is 0.00793. The fourth-order valence-corrected chi connectivity index (χ4v) is 4.39. The lowest BCUT2D eigenvalue weighted by Crippen LogP contribution is -2.39. The van der Waals surface area contributed by atoms with Crippen LogP contribution in [-0.4, -0.2) is 43.8 Å². The van der Waals surface area contributed by atoms with E-state index in [1.54, 1.807) is 0 Å². The number of carbonyl (C=O) groups is 1. The predicted molar refractivity (Wildman–Crippen MR) is 146 cm³/mol. The number of nitrogens with zero attached hydrogens (tertiary/aromatic N) is 1. The molecule has 0 aliphatic rings. The van der Waals surface area contributed by atoms with Crippen LogP contribution in [0.5, 0.6) is 5.75 Å². The summed E-state index contributed by atoms with van der Waals surface area (Å²) in [6.07, 6.45) is 11.0. The summed E-state index contributed by atoms with van der Waals surface area (Å²) in [4.78, 5) is 12.2. The van der Waals surface area contributed by atoms with E-state index in [0.717, 1.165) is 36.2 Å². The summed E-state index contributed by atoms with van der Waals surface area (Å²) in [5.74, 6) is 0.795. The van der Waals surface area contributed by atoms with Crippen molar-refractivity contribution in [2.24, 2.45) is 0 Å². The summed E-state index contributed by atoms with van der Waals surface area (Å²) in [6, 6.07) is 18.9. The zero-order chi connectivity index (χ0) is 25.4. The van der Waals surface area contributed by atoms with Gasteiger partial charge in [0.15, 0.2) is 0 Å². The Kier molecular flexibility index (Phi) is 13.5. The maximum Gasteiger partial charge on any atom is 0.306 e. The van der Waals surface area contributed by atoms with Gasteiger partial charge in [0, 0.05) is 18.4 Å². The molecular formula is C31H48NO3+. The Morgan fingerprint density at radius 2 is 1.60 bits per heavy atom. The molecule has 4 nitrogen and oxygen atoms in total. The number of carbonyl (C=O) groups excluding carboxylic acids is 1. The van der Waals surface area contributed by atoms with Gasteiger partial charge in [0.1, 0.15) is 12.3 Å². The van der Waals surface area contributed by atoms with Gasteiger partial charge in [-0.2, -0.15) is 0 Å². The SMILES string of the molecule is CCCCCCCCc1cccc(OC(C)CCOC(=O)CCC[N+](C)(C)Cc2ccccc2)c1. The third-order valence-electron chi connectivity index (χ3n) is 6.44. The lowest BCUT2D eigenvalue weighted by Gasteiger charge is -2.29. The van der Waals surface area contributed by atoms with Crippen LogP contribution in [0.3, 0.4) is 0 Å². The van der Waals surface area contributed by atoms with Crippen LogP contribution in [0.15, 0.2) is 54.6 Å². The zero-order valence-corrected chi connectivity index (χ0v) is 22.6. The summed E-state index contributed by atoms with van der Waals surface area (Å²) < 4.78 is 12.4. The van der Waals surface area contributed by atoms with Gasteiger partial charge >= 0.3 is 5.97 Å². The highest BCUT2D eigenvalue weighted by Gasteiger charge is 2.17. The number of unbranched alkanes of at least 4 members (excludes halogenated alkanes) is 5. The van der Waals surface area contributed by atoms with Gasteiger partial charge in [-0.05, 0) is 37.5 Å². The molecule has 0 aromatic heterocycles. The van der Waals surface area contributed by atoms with Crippen LogP contribution in [0, 0.1) is 0 Å². The third kappa shape index (κ3) is 13.4. The molecule has 2 rings (SSSR count). The van der Waals surface area contributed by atoms with Crippen molar-refractivity contribution in [3.8, 4) is 5.75 Å². The van der Waals surface area contributed by atoms with Gasteiger partial charge in [0.25, 0.3) is 0 Å². The molecule has 0 aliphatic carbocycles. The second-order valence-electron chi connectivity index (χ2n) is 10.5. The summed E-state index contributed by atoms with van der Waals surface area (Å²) in [5.41, 5.74) is 2.66. The molecule has 0 saturated heterocycles. The Bertz CT molecular complexity index is 834. The zero-order valence-electron chi connectivity index (χ0n) is 22.6. The first-order chi connectivity index (χ1) is 16.9. The Morgan fingerprint density at radius 3 is 2.37 bits per heavy atom. The van der Waals surface area contributed by atoms with E-state index < -0.39 is 0 Å². The number of quaternary nitrogens is 1. The van der Waals surface area contributed by atoms with Crippen molar-refractivity contribution in [3.05, 3.63) is 65.7 Å². The van der Waals surface area contributed by atoms with Crippen molar-refractivity contribution in [2.75, 3.05) is 27.2 Å². The van der Waals surface area contributed by atoms with E-state index in [1.807, 2.05) is 19.1 Å². The fraction of sp³-hybridized carbons (Fsp3) is 0.581. The van der Waals surface area contributed by atoms with Crippen LogP contribution >= 0.6 is 0 Å². The van der Waals surface area contributed by atoms with E-state index in [1.165, 1.54) is 49.7 Å². The molecular weight excluding hydrogens is 434 g/mol. The molecule has 1 unspecified atom stereocenters. The molecule has 2 aromatic rings. The van der Waals surface area contributed by atoms with Crippen molar-refractivity contribution in [2.45, 2.75) is 90.7 Å². The molecule has 0 amide bonds. The van der Waals surface area contributed by atoms with Crippen molar-refractivity contribution in [3.63, 3.8) is 0 Å². The van der Waals surface area contributed by atoms with Gasteiger partial charge in [-0.3, -0.25) is 4.79 Å². The second kappa shape index (κ2) is 16.4. The normalized spacial score (nSPS) is 12.3. The minimum atomic E-state index is -0.113. The van der Waals surface area contributed by atoms with Gasteiger partial charge in [-0.1, -0.05) is 81.5 Å². The Labute approximate surface area is 214 Å². The maximum absolute atomic E-state index is 12.2. The van der Waals surface area contributed by atoms with E-state index in [2.05, 4.69) is 63.5 Å². The second-order valence-corrected chi connectivity index (χ2v) is 10.5. The molecule has 4 heteroatoms. The molecule has 0 radical (unpaired) electrons. The highest BCUT2D eigenvalue weighted by molar-refractivity contribution is 5.69. The van der Waals surface area contributed by atoms with Gasteiger partial charge in [-0.15, -0.1) is 0 Å². The van der Waals surface area contributed by atoms with Gasteiger partial charge in [-0.25, -0.2) is 0 Å². The Morgan fingerprint density at radius 1 is 0.886 bits per heavy atom. The number of ether oxygens (including phenoxy) is 2. The first-order valence-electron chi connectivity index (χ1n) is 13.6. The molecule has 1 atom stereocenters. The molecule has 0 spiro atoms. The lowest BCUT2D eigenvalue weighted by atomic mass is 10.0. The molecule has 0 saturated carbocycles. The standard InChI is InChI=1S/C31H48NO3/c1-5-6-7-8-9-11-16-28-19-14-20-30(25-28)35-27(2)22-24-34-31(33)21-15-23-32(3,4)26-29-17-12-10-13-18-29/h10,12-14,17-20,25,27H,5-9,11,15-16,21-24,26H2,1-4H3/q+1.